The normalized spacial score (nSPS) is 10.8. The van der Waals surface area contributed by atoms with Gasteiger partial charge in [-0.05, 0) is 42.5 Å². The van der Waals surface area contributed by atoms with Gasteiger partial charge in [-0.15, -0.1) is 11.3 Å². The van der Waals surface area contributed by atoms with Crippen LogP contribution in [-0.2, 0) is 11.2 Å². The van der Waals surface area contributed by atoms with Crippen molar-refractivity contribution in [3.8, 4) is 5.75 Å². The highest BCUT2D eigenvalue weighted by Crippen LogP contribution is 2.30. The number of ether oxygens (including phenoxy) is 1. The zero-order chi connectivity index (χ0) is 16.9. The number of aryl methyl sites for hydroxylation is 1. The minimum absolute atomic E-state index is 0.00476. The van der Waals surface area contributed by atoms with Crippen molar-refractivity contribution in [3.63, 3.8) is 0 Å². The Hall–Kier alpha value is -2.05. The van der Waals surface area contributed by atoms with E-state index in [0.717, 1.165) is 31.6 Å². The number of aromatic nitrogens is 1. The number of hydrogen-bond acceptors (Lipinski definition) is 5. The van der Waals surface area contributed by atoms with E-state index < -0.39 is 0 Å². The van der Waals surface area contributed by atoms with Crippen LogP contribution < -0.4 is 10.1 Å². The molecule has 1 amide bonds. The van der Waals surface area contributed by atoms with Gasteiger partial charge in [-0.2, -0.15) is 0 Å². The summed E-state index contributed by atoms with van der Waals surface area (Å²) in [4.78, 5) is 16.7. The topological polar surface area (TPSA) is 51.2 Å². The van der Waals surface area contributed by atoms with E-state index in [1.165, 1.54) is 0 Å². The zero-order valence-electron chi connectivity index (χ0n) is 13.5. The summed E-state index contributed by atoms with van der Waals surface area (Å²) in [6.45, 7) is 0. The third-order valence-corrected chi connectivity index (χ3v) is 5.64. The van der Waals surface area contributed by atoms with Crippen LogP contribution in [0.3, 0.4) is 0 Å². The Kier molecular flexibility index (Phi) is 5.37. The molecule has 3 aromatic rings. The van der Waals surface area contributed by atoms with Crippen molar-refractivity contribution in [1.82, 2.24) is 4.98 Å². The van der Waals surface area contributed by atoms with Gasteiger partial charge in [-0.25, -0.2) is 4.98 Å². The molecule has 2 aromatic carbocycles. The number of amides is 1. The number of thioether (sulfide) groups is 1. The van der Waals surface area contributed by atoms with Crippen molar-refractivity contribution in [2.45, 2.75) is 17.2 Å². The summed E-state index contributed by atoms with van der Waals surface area (Å²) in [6, 6.07) is 13.6. The number of nitrogens with zero attached hydrogens (tertiary/aromatic N) is 1. The predicted molar refractivity (Wildman–Crippen MR) is 101 cm³/mol. The van der Waals surface area contributed by atoms with Gasteiger partial charge in [0.1, 0.15) is 5.75 Å². The molecule has 24 heavy (non-hydrogen) atoms. The van der Waals surface area contributed by atoms with Crippen molar-refractivity contribution in [2.24, 2.45) is 0 Å². The van der Waals surface area contributed by atoms with Crippen LogP contribution in [0.1, 0.15) is 12.0 Å². The summed E-state index contributed by atoms with van der Waals surface area (Å²) < 4.78 is 7.43. The Morgan fingerprint density at radius 1 is 1.29 bits per heavy atom. The highest BCUT2D eigenvalue weighted by Gasteiger charge is 2.08. The maximum Gasteiger partial charge on any atom is 0.224 e. The average molecular weight is 358 g/mol. The van der Waals surface area contributed by atoms with Gasteiger partial charge in [0, 0.05) is 12.1 Å². The maximum atomic E-state index is 12.2. The molecule has 0 fully saturated rings. The molecule has 1 heterocycles. The quantitative estimate of drug-likeness (QED) is 0.654. The molecule has 0 spiro atoms. The molecule has 4 nitrogen and oxygen atoms in total. The number of para-hydroxylation sites is 1. The standard InChI is InChI=1S/C18H18N2O2S2/c1-22-15-6-4-3-5-12(15)7-10-17(21)19-13-8-9-14-16(11-13)24-18(20-14)23-2/h3-6,8-9,11H,7,10H2,1-2H3,(H,19,21). The number of carbonyl (C=O) groups excluding carboxylic acids is 1. The summed E-state index contributed by atoms with van der Waals surface area (Å²) in [7, 11) is 1.64. The number of nitrogens with one attached hydrogen (secondary N) is 1. The summed E-state index contributed by atoms with van der Waals surface area (Å²) in [5.41, 5.74) is 2.82. The molecule has 0 saturated heterocycles. The molecular formula is C18H18N2O2S2. The molecule has 0 bridgehead atoms. The van der Waals surface area contributed by atoms with E-state index in [-0.39, 0.29) is 5.91 Å². The molecule has 0 radical (unpaired) electrons. The number of fused-ring (bicyclic) bond motifs is 1. The van der Waals surface area contributed by atoms with Gasteiger partial charge in [-0.1, -0.05) is 30.0 Å². The van der Waals surface area contributed by atoms with E-state index in [0.29, 0.717) is 12.8 Å². The van der Waals surface area contributed by atoms with Gasteiger partial charge in [0.2, 0.25) is 5.91 Å². The van der Waals surface area contributed by atoms with E-state index >= 15 is 0 Å². The Balaban J connectivity index is 1.64. The minimum atomic E-state index is -0.00476. The van der Waals surface area contributed by atoms with Crippen molar-refractivity contribution < 1.29 is 9.53 Å². The lowest BCUT2D eigenvalue weighted by atomic mass is 10.1. The van der Waals surface area contributed by atoms with Crippen molar-refractivity contribution in [3.05, 3.63) is 48.0 Å². The molecule has 0 atom stereocenters. The highest BCUT2D eigenvalue weighted by molar-refractivity contribution is 8.00. The largest absolute Gasteiger partial charge is 0.496 e. The molecular weight excluding hydrogens is 340 g/mol. The van der Waals surface area contributed by atoms with Crippen LogP contribution in [0.25, 0.3) is 10.2 Å². The average Bonchev–Trinajstić information content (AvgIpc) is 3.02. The first-order valence-electron chi connectivity index (χ1n) is 7.56. The van der Waals surface area contributed by atoms with Gasteiger partial charge >= 0.3 is 0 Å². The number of hydrogen-bond donors (Lipinski definition) is 1. The van der Waals surface area contributed by atoms with Gasteiger partial charge < -0.3 is 10.1 Å². The SMILES string of the molecule is COc1ccccc1CCC(=O)Nc1ccc2nc(SC)sc2c1. The van der Waals surface area contributed by atoms with E-state index in [1.807, 2.05) is 48.7 Å². The molecule has 0 unspecified atom stereocenters. The van der Waals surface area contributed by atoms with Gasteiger partial charge in [0.05, 0.1) is 17.3 Å². The van der Waals surface area contributed by atoms with Gasteiger partial charge in [0.25, 0.3) is 0 Å². The second kappa shape index (κ2) is 7.68. The van der Waals surface area contributed by atoms with Crippen molar-refractivity contribution in [2.75, 3.05) is 18.7 Å². The Morgan fingerprint density at radius 2 is 2.12 bits per heavy atom. The van der Waals surface area contributed by atoms with Crippen LogP contribution in [0.4, 0.5) is 5.69 Å². The van der Waals surface area contributed by atoms with Crippen molar-refractivity contribution >= 4 is 44.9 Å². The highest BCUT2D eigenvalue weighted by atomic mass is 32.2. The second-order valence-corrected chi connectivity index (χ2v) is 7.31. The fourth-order valence-corrected chi connectivity index (χ4v) is 3.98. The van der Waals surface area contributed by atoms with Crippen LogP contribution in [0, 0.1) is 0 Å². The number of anilines is 1. The number of benzene rings is 2. The Labute approximate surface area is 149 Å². The van der Waals surface area contributed by atoms with E-state index in [9.17, 15) is 4.79 Å². The third kappa shape index (κ3) is 3.88. The van der Waals surface area contributed by atoms with Crippen LogP contribution in [0.2, 0.25) is 0 Å². The molecule has 0 aliphatic carbocycles. The van der Waals surface area contributed by atoms with Gasteiger partial charge in [-0.3, -0.25) is 4.79 Å². The fraction of sp³-hybridized carbons (Fsp3) is 0.222. The minimum Gasteiger partial charge on any atom is -0.496 e. The van der Waals surface area contributed by atoms with E-state index in [1.54, 1.807) is 30.2 Å². The smallest absolute Gasteiger partial charge is 0.224 e. The molecule has 124 valence electrons. The summed E-state index contributed by atoms with van der Waals surface area (Å²) in [6.07, 6.45) is 3.07. The van der Waals surface area contributed by atoms with Crippen LogP contribution in [0.15, 0.2) is 46.8 Å². The Morgan fingerprint density at radius 3 is 2.92 bits per heavy atom. The zero-order valence-corrected chi connectivity index (χ0v) is 15.2. The molecule has 1 N–H and O–H groups in total. The lowest BCUT2D eigenvalue weighted by molar-refractivity contribution is -0.116. The second-order valence-electron chi connectivity index (χ2n) is 5.23. The fourth-order valence-electron chi connectivity index (χ4n) is 2.45. The molecule has 3 rings (SSSR count). The number of rotatable bonds is 6. The first kappa shape index (κ1) is 16.8. The molecule has 1 aromatic heterocycles. The molecule has 0 aliphatic heterocycles. The first-order chi connectivity index (χ1) is 11.7. The summed E-state index contributed by atoms with van der Waals surface area (Å²) in [5.74, 6) is 0.816. The summed E-state index contributed by atoms with van der Waals surface area (Å²) in [5, 5.41) is 2.96. The van der Waals surface area contributed by atoms with E-state index in [4.69, 9.17) is 4.74 Å². The number of thiazole rings is 1. The molecule has 0 aliphatic rings. The first-order valence-corrected chi connectivity index (χ1v) is 9.60. The molecule has 0 saturated carbocycles. The maximum absolute atomic E-state index is 12.2. The van der Waals surface area contributed by atoms with Crippen LogP contribution in [0.5, 0.6) is 5.75 Å². The number of carbonyl (C=O) groups is 1. The van der Waals surface area contributed by atoms with Crippen LogP contribution in [-0.4, -0.2) is 24.3 Å². The Bertz CT molecular complexity index is 861. The third-order valence-electron chi connectivity index (χ3n) is 3.64. The lowest BCUT2D eigenvalue weighted by Crippen LogP contribution is -2.12. The predicted octanol–water partition coefficient (Wildman–Crippen LogP) is 4.60. The van der Waals surface area contributed by atoms with E-state index in [2.05, 4.69) is 10.3 Å². The van der Waals surface area contributed by atoms with Gasteiger partial charge in [0.15, 0.2) is 4.34 Å². The lowest BCUT2D eigenvalue weighted by Gasteiger charge is -2.08. The number of methoxy groups -OCH3 is 1. The van der Waals surface area contributed by atoms with Crippen LogP contribution >= 0.6 is 23.1 Å². The van der Waals surface area contributed by atoms with Crippen molar-refractivity contribution in [1.29, 1.82) is 0 Å². The monoisotopic (exact) mass is 358 g/mol. The summed E-state index contributed by atoms with van der Waals surface area (Å²) >= 11 is 3.27. The molecule has 6 heteroatoms.